The van der Waals surface area contributed by atoms with Crippen LogP contribution in [0.15, 0.2) is 48.7 Å². The molecule has 0 aliphatic carbocycles. The molecule has 8 heteroatoms. The fourth-order valence-corrected chi connectivity index (χ4v) is 3.38. The minimum absolute atomic E-state index is 0.0885. The Balaban J connectivity index is 1.94. The van der Waals surface area contributed by atoms with Crippen molar-refractivity contribution in [3.8, 4) is 0 Å². The monoisotopic (exact) mass is 440 g/mol. The Hall–Kier alpha value is -3.42. The topological polar surface area (TPSA) is 112 Å². The molecule has 0 radical (unpaired) electrons. The molecule has 172 valence electrons. The zero-order valence-electron chi connectivity index (χ0n) is 18.7. The van der Waals surface area contributed by atoms with Crippen molar-refractivity contribution in [2.45, 2.75) is 45.1 Å². The van der Waals surface area contributed by atoms with Gasteiger partial charge in [0.25, 0.3) is 0 Å². The van der Waals surface area contributed by atoms with E-state index in [-0.39, 0.29) is 24.8 Å². The summed E-state index contributed by atoms with van der Waals surface area (Å²) in [5.74, 6) is -0.643. The lowest BCUT2D eigenvalue weighted by molar-refractivity contribution is -0.139. The summed E-state index contributed by atoms with van der Waals surface area (Å²) >= 11 is 0. The predicted molar refractivity (Wildman–Crippen MR) is 123 cm³/mol. The molecule has 1 aromatic carbocycles. The van der Waals surface area contributed by atoms with E-state index in [0.29, 0.717) is 25.8 Å². The molecule has 2 amide bonds. The van der Waals surface area contributed by atoms with Gasteiger partial charge in [0.05, 0.1) is 13.0 Å². The Labute approximate surface area is 189 Å². The Morgan fingerprint density at radius 2 is 1.84 bits per heavy atom. The van der Waals surface area contributed by atoms with E-state index in [1.54, 1.807) is 18.0 Å². The summed E-state index contributed by atoms with van der Waals surface area (Å²) in [6.07, 6.45) is 3.93. The predicted octanol–water partition coefficient (Wildman–Crippen LogP) is 2.50. The van der Waals surface area contributed by atoms with E-state index >= 15 is 0 Å². The molecule has 8 nitrogen and oxygen atoms in total. The van der Waals surface area contributed by atoms with Gasteiger partial charge in [-0.1, -0.05) is 30.3 Å². The summed E-state index contributed by atoms with van der Waals surface area (Å²) in [6, 6.07) is 13.2. The summed E-state index contributed by atoms with van der Waals surface area (Å²) in [5, 5.41) is 14.5. The number of carbonyl (C=O) groups excluding carboxylic acids is 2. The van der Waals surface area contributed by atoms with E-state index in [1.807, 2.05) is 49.5 Å². The zero-order chi connectivity index (χ0) is 23.3. The van der Waals surface area contributed by atoms with Crippen LogP contribution < -0.4 is 10.6 Å². The summed E-state index contributed by atoms with van der Waals surface area (Å²) in [5.41, 5.74) is 2.18. The number of carboxylic acids is 1. The number of rotatable bonds is 13. The second kappa shape index (κ2) is 13.1. The average molecular weight is 441 g/mol. The quantitative estimate of drug-likeness (QED) is 0.441. The molecule has 0 bridgehead atoms. The number of carbonyl (C=O) groups is 3. The van der Waals surface area contributed by atoms with Crippen molar-refractivity contribution < 1.29 is 19.5 Å². The second-order valence-electron chi connectivity index (χ2n) is 7.77. The largest absolute Gasteiger partial charge is 0.481 e. The van der Waals surface area contributed by atoms with Crippen molar-refractivity contribution in [1.82, 2.24) is 15.2 Å². The normalized spacial score (nSPS) is 11.4. The molecular weight excluding hydrogens is 408 g/mol. The highest BCUT2D eigenvalue weighted by molar-refractivity contribution is 5.85. The number of hydrogen-bond donors (Lipinski definition) is 3. The number of amides is 2. The van der Waals surface area contributed by atoms with Gasteiger partial charge in [-0.15, -0.1) is 0 Å². The van der Waals surface area contributed by atoms with Crippen LogP contribution in [0.4, 0.5) is 5.82 Å². The highest BCUT2D eigenvalue weighted by atomic mass is 16.4. The standard InChI is InChI=1S/C24H32N4O4/c1-18(15-24(31)32)27-22(29)17-28(14-12-19-7-4-3-5-8-19)23(30)10-6-9-20-11-13-26-21(16-20)25-2/h3-5,7-8,11,13,16,18H,6,9-10,12,14-15,17H2,1-2H3,(H,25,26)(H,27,29)(H,31,32). The number of nitrogens with one attached hydrogen (secondary N) is 2. The van der Waals surface area contributed by atoms with Gasteiger partial charge in [-0.25, -0.2) is 4.98 Å². The Bertz CT molecular complexity index is 889. The maximum atomic E-state index is 12.9. The van der Waals surface area contributed by atoms with Crippen LogP contribution in [0.1, 0.15) is 37.3 Å². The van der Waals surface area contributed by atoms with Crippen LogP contribution in [0.3, 0.4) is 0 Å². The molecule has 0 aliphatic heterocycles. The fraction of sp³-hybridized carbons (Fsp3) is 0.417. The Kier molecular flexibility index (Phi) is 10.2. The van der Waals surface area contributed by atoms with Gasteiger partial charge in [-0.3, -0.25) is 14.4 Å². The number of nitrogens with zero attached hydrogens (tertiary/aromatic N) is 2. The smallest absolute Gasteiger partial charge is 0.305 e. The lowest BCUT2D eigenvalue weighted by Crippen LogP contribution is -2.44. The van der Waals surface area contributed by atoms with E-state index in [1.165, 1.54) is 0 Å². The molecule has 0 saturated heterocycles. The molecule has 1 aromatic heterocycles. The third-order valence-corrected chi connectivity index (χ3v) is 5.03. The van der Waals surface area contributed by atoms with Crippen molar-refractivity contribution in [2.24, 2.45) is 0 Å². The van der Waals surface area contributed by atoms with Crippen molar-refractivity contribution in [3.05, 3.63) is 59.8 Å². The molecule has 1 atom stereocenters. The van der Waals surface area contributed by atoms with Crippen LogP contribution in [0.2, 0.25) is 0 Å². The van der Waals surface area contributed by atoms with Gasteiger partial charge in [0.2, 0.25) is 11.8 Å². The van der Waals surface area contributed by atoms with Crippen molar-refractivity contribution in [1.29, 1.82) is 0 Å². The lowest BCUT2D eigenvalue weighted by atomic mass is 10.1. The highest BCUT2D eigenvalue weighted by Crippen LogP contribution is 2.11. The number of anilines is 1. The number of aromatic nitrogens is 1. The van der Waals surface area contributed by atoms with Gasteiger partial charge in [-0.05, 0) is 49.4 Å². The third kappa shape index (κ3) is 9.16. The Morgan fingerprint density at radius 1 is 1.09 bits per heavy atom. The van der Waals surface area contributed by atoms with Crippen LogP contribution in [-0.4, -0.2) is 59.0 Å². The number of carboxylic acid groups (broad SMARTS) is 1. The molecule has 1 heterocycles. The second-order valence-corrected chi connectivity index (χ2v) is 7.77. The van der Waals surface area contributed by atoms with E-state index in [4.69, 9.17) is 5.11 Å². The molecular formula is C24H32N4O4. The van der Waals surface area contributed by atoms with Gasteiger partial charge in [0.15, 0.2) is 0 Å². The molecule has 2 rings (SSSR count). The number of benzene rings is 1. The molecule has 2 aromatic rings. The molecule has 0 fully saturated rings. The van der Waals surface area contributed by atoms with Crippen LogP contribution in [0.5, 0.6) is 0 Å². The van der Waals surface area contributed by atoms with Crippen molar-refractivity contribution >= 4 is 23.6 Å². The summed E-state index contributed by atoms with van der Waals surface area (Å²) in [6.45, 7) is 1.97. The SMILES string of the molecule is CNc1cc(CCCC(=O)N(CCc2ccccc2)CC(=O)NC(C)CC(=O)O)ccn1. The summed E-state index contributed by atoms with van der Waals surface area (Å²) in [7, 11) is 1.81. The van der Waals surface area contributed by atoms with Crippen molar-refractivity contribution in [3.63, 3.8) is 0 Å². The zero-order valence-corrected chi connectivity index (χ0v) is 18.7. The summed E-state index contributed by atoms with van der Waals surface area (Å²) in [4.78, 5) is 41.9. The molecule has 32 heavy (non-hydrogen) atoms. The maximum absolute atomic E-state index is 12.9. The summed E-state index contributed by atoms with van der Waals surface area (Å²) < 4.78 is 0. The lowest BCUT2D eigenvalue weighted by Gasteiger charge is -2.23. The molecule has 0 saturated carbocycles. The van der Waals surface area contributed by atoms with E-state index in [9.17, 15) is 14.4 Å². The molecule has 3 N–H and O–H groups in total. The molecule has 0 aliphatic rings. The number of aliphatic carboxylic acids is 1. The minimum atomic E-state index is -0.979. The number of aryl methyl sites for hydroxylation is 1. The first kappa shape index (κ1) is 24.8. The first-order chi connectivity index (χ1) is 15.4. The first-order valence-corrected chi connectivity index (χ1v) is 10.8. The van der Waals surface area contributed by atoms with Crippen LogP contribution in [0.25, 0.3) is 0 Å². The first-order valence-electron chi connectivity index (χ1n) is 10.8. The van der Waals surface area contributed by atoms with Gasteiger partial charge in [-0.2, -0.15) is 0 Å². The van der Waals surface area contributed by atoms with E-state index in [0.717, 1.165) is 23.4 Å². The van der Waals surface area contributed by atoms with Gasteiger partial charge in [0.1, 0.15) is 5.82 Å². The molecule has 1 unspecified atom stereocenters. The maximum Gasteiger partial charge on any atom is 0.305 e. The van der Waals surface area contributed by atoms with Gasteiger partial charge < -0.3 is 20.6 Å². The van der Waals surface area contributed by atoms with Crippen LogP contribution >= 0.6 is 0 Å². The van der Waals surface area contributed by atoms with Crippen LogP contribution in [-0.2, 0) is 27.2 Å². The van der Waals surface area contributed by atoms with Crippen LogP contribution in [0, 0.1) is 0 Å². The van der Waals surface area contributed by atoms with Crippen molar-refractivity contribution in [2.75, 3.05) is 25.5 Å². The fourth-order valence-electron chi connectivity index (χ4n) is 3.38. The molecule has 0 spiro atoms. The van der Waals surface area contributed by atoms with E-state index < -0.39 is 12.0 Å². The van der Waals surface area contributed by atoms with E-state index in [2.05, 4.69) is 15.6 Å². The highest BCUT2D eigenvalue weighted by Gasteiger charge is 2.19. The van der Waals surface area contributed by atoms with Gasteiger partial charge in [0, 0.05) is 32.3 Å². The van der Waals surface area contributed by atoms with Gasteiger partial charge >= 0.3 is 5.97 Å². The third-order valence-electron chi connectivity index (χ3n) is 5.03. The minimum Gasteiger partial charge on any atom is -0.481 e. The number of pyridine rings is 1. The number of hydrogen-bond acceptors (Lipinski definition) is 5. The Morgan fingerprint density at radius 3 is 2.53 bits per heavy atom. The average Bonchev–Trinajstić information content (AvgIpc) is 2.76.